The van der Waals surface area contributed by atoms with Crippen molar-refractivity contribution in [3.05, 3.63) is 0 Å². The monoisotopic (exact) mass is 253 g/mol. The van der Waals surface area contributed by atoms with Crippen LogP contribution in [0.4, 0.5) is 0 Å². The molecule has 2 aliphatic rings. The van der Waals surface area contributed by atoms with E-state index in [9.17, 15) is 0 Å². The molecular formula is C14H28BNO2. The van der Waals surface area contributed by atoms with Gasteiger partial charge in [-0.2, -0.15) is 0 Å². The first kappa shape index (κ1) is 14.4. The molecule has 3 nitrogen and oxygen atoms in total. The zero-order chi connectivity index (χ0) is 13.4. The molecule has 0 bridgehead atoms. The van der Waals surface area contributed by atoms with Crippen molar-refractivity contribution in [2.45, 2.75) is 70.9 Å². The normalized spacial score (nSPS) is 28.8. The lowest BCUT2D eigenvalue weighted by atomic mass is 9.67. The Balaban J connectivity index is 1.88. The lowest BCUT2D eigenvalue weighted by molar-refractivity contribution is 0.00578. The highest BCUT2D eigenvalue weighted by atomic mass is 16.7. The minimum atomic E-state index is -0.182. The molecule has 18 heavy (non-hydrogen) atoms. The van der Waals surface area contributed by atoms with Gasteiger partial charge in [-0.05, 0) is 72.4 Å². The second-order valence-electron chi connectivity index (χ2n) is 6.80. The van der Waals surface area contributed by atoms with Crippen molar-refractivity contribution < 1.29 is 9.31 Å². The summed E-state index contributed by atoms with van der Waals surface area (Å²) in [7, 11) is -0.00113. The van der Waals surface area contributed by atoms with E-state index in [1.54, 1.807) is 0 Å². The molecule has 0 amide bonds. The van der Waals surface area contributed by atoms with Crippen molar-refractivity contribution in [1.29, 1.82) is 0 Å². The van der Waals surface area contributed by atoms with E-state index in [0.29, 0.717) is 5.82 Å². The lowest BCUT2D eigenvalue weighted by Gasteiger charge is -2.32. The number of likely N-dealkylation sites (tertiary alicyclic amines) is 1. The fourth-order valence-electron chi connectivity index (χ4n) is 2.85. The molecule has 0 unspecified atom stereocenters. The second kappa shape index (κ2) is 5.14. The predicted octanol–water partition coefficient (Wildman–Crippen LogP) is 2.95. The quantitative estimate of drug-likeness (QED) is 0.722. The van der Waals surface area contributed by atoms with Crippen LogP contribution in [-0.4, -0.2) is 42.9 Å². The maximum atomic E-state index is 6.16. The zero-order valence-electron chi connectivity index (χ0n) is 12.7. The average molecular weight is 253 g/mol. The van der Waals surface area contributed by atoms with Gasteiger partial charge in [0, 0.05) is 0 Å². The summed E-state index contributed by atoms with van der Waals surface area (Å²) in [5.74, 6) is 0.569. The van der Waals surface area contributed by atoms with Gasteiger partial charge < -0.3 is 14.2 Å². The number of hydrogen-bond donors (Lipinski definition) is 0. The van der Waals surface area contributed by atoms with E-state index < -0.39 is 0 Å². The van der Waals surface area contributed by atoms with Gasteiger partial charge in [0.25, 0.3) is 0 Å². The van der Waals surface area contributed by atoms with Crippen molar-refractivity contribution in [3.8, 4) is 0 Å². The summed E-state index contributed by atoms with van der Waals surface area (Å²) < 4.78 is 12.3. The SMILES string of the molecule is CCCN1CCC(B2OC(C)(C)C(C)(C)O2)CC1. The van der Waals surface area contributed by atoms with E-state index in [-0.39, 0.29) is 18.3 Å². The number of nitrogens with zero attached hydrogens (tertiary/aromatic N) is 1. The maximum Gasteiger partial charge on any atom is 0.461 e. The molecular weight excluding hydrogens is 225 g/mol. The van der Waals surface area contributed by atoms with Gasteiger partial charge in [-0.1, -0.05) is 6.92 Å². The molecule has 0 N–H and O–H groups in total. The molecule has 2 rings (SSSR count). The van der Waals surface area contributed by atoms with Crippen LogP contribution < -0.4 is 0 Å². The third-order valence-corrected chi connectivity index (χ3v) is 4.83. The number of rotatable bonds is 3. The molecule has 104 valence electrons. The van der Waals surface area contributed by atoms with Crippen molar-refractivity contribution in [2.24, 2.45) is 0 Å². The van der Waals surface area contributed by atoms with Crippen molar-refractivity contribution in [3.63, 3.8) is 0 Å². The molecule has 0 aromatic rings. The van der Waals surface area contributed by atoms with Gasteiger partial charge in [0.2, 0.25) is 0 Å². The molecule has 0 spiro atoms. The minimum absolute atomic E-state index is 0.00113. The molecule has 2 heterocycles. The van der Waals surface area contributed by atoms with Gasteiger partial charge in [0.1, 0.15) is 0 Å². The van der Waals surface area contributed by atoms with Gasteiger partial charge in [-0.3, -0.25) is 0 Å². The van der Waals surface area contributed by atoms with Gasteiger partial charge in [-0.15, -0.1) is 0 Å². The van der Waals surface area contributed by atoms with E-state index in [1.165, 1.54) is 38.9 Å². The zero-order valence-corrected chi connectivity index (χ0v) is 12.7. The van der Waals surface area contributed by atoms with Crippen LogP contribution in [0.1, 0.15) is 53.9 Å². The highest BCUT2D eigenvalue weighted by molar-refractivity contribution is 6.47. The summed E-state index contributed by atoms with van der Waals surface area (Å²) >= 11 is 0. The average Bonchev–Trinajstić information content (AvgIpc) is 2.50. The number of piperidine rings is 1. The van der Waals surface area contributed by atoms with Crippen LogP contribution in [0.2, 0.25) is 5.82 Å². The Morgan fingerprint density at radius 2 is 1.56 bits per heavy atom. The van der Waals surface area contributed by atoms with E-state index in [4.69, 9.17) is 9.31 Å². The van der Waals surface area contributed by atoms with Gasteiger partial charge in [0.15, 0.2) is 0 Å². The second-order valence-corrected chi connectivity index (χ2v) is 6.80. The Morgan fingerprint density at radius 1 is 1.06 bits per heavy atom. The topological polar surface area (TPSA) is 21.7 Å². The summed E-state index contributed by atoms with van der Waals surface area (Å²) in [5, 5.41) is 0. The highest BCUT2D eigenvalue weighted by Gasteiger charge is 2.53. The summed E-state index contributed by atoms with van der Waals surface area (Å²) in [6.45, 7) is 14.4. The van der Waals surface area contributed by atoms with Crippen LogP contribution in [0.15, 0.2) is 0 Å². The largest absolute Gasteiger partial charge is 0.461 e. The third kappa shape index (κ3) is 2.76. The first-order valence-corrected chi connectivity index (χ1v) is 7.44. The Bertz CT molecular complexity index is 270. The van der Waals surface area contributed by atoms with E-state index >= 15 is 0 Å². The maximum absolute atomic E-state index is 6.16. The smallest absolute Gasteiger partial charge is 0.403 e. The van der Waals surface area contributed by atoms with Crippen LogP contribution in [0, 0.1) is 0 Å². The molecule has 0 aromatic carbocycles. The molecule has 2 saturated heterocycles. The lowest BCUT2D eigenvalue weighted by Crippen LogP contribution is -2.41. The molecule has 0 radical (unpaired) electrons. The van der Waals surface area contributed by atoms with Gasteiger partial charge >= 0.3 is 7.12 Å². The van der Waals surface area contributed by atoms with Crippen molar-refractivity contribution in [1.82, 2.24) is 4.90 Å². The van der Waals surface area contributed by atoms with Gasteiger partial charge in [0.05, 0.1) is 11.2 Å². The third-order valence-electron chi connectivity index (χ3n) is 4.83. The predicted molar refractivity (Wildman–Crippen MR) is 75.8 cm³/mol. The fourth-order valence-corrected chi connectivity index (χ4v) is 2.85. The number of hydrogen-bond acceptors (Lipinski definition) is 3. The van der Waals surface area contributed by atoms with Crippen LogP contribution >= 0.6 is 0 Å². The molecule has 0 saturated carbocycles. The van der Waals surface area contributed by atoms with Crippen LogP contribution in [-0.2, 0) is 9.31 Å². The van der Waals surface area contributed by atoms with E-state index in [2.05, 4.69) is 39.5 Å². The van der Waals surface area contributed by atoms with Crippen molar-refractivity contribution in [2.75, 3.05) is 19.6 Å². The molecule has 2 aliphatic heterocycles. The fraction of sp³-hybridized carbons (Fsp3) is 1.00. The standard InChI is InChI=1S/C14H28BNO2/c1-6-9-16-10-7-12(8-11-16)15-17-13(2,3)14(4,5)18-15/h12H,6-11H2,1-5H3. The highest BCUT2D eigenvalue weighted by Crippen LogP contribution is 2.42. The van der Waals surface area contributed by atoms with Crippen LogP contribution in [0.5, 0.6) is 0 Å². The molecule has 4 heteroatoms. The van der Waals surface area contributed by atoms with E-state index in [0.717, 1.165) is 0 Å². The Kier molecular flexibility index (Phi) is 4.10. The summed E-state index contributed by atoms with van der Waals surface area (Å²) in [6, 6.07) is 0. The van der Waals surface area contributed by atoms with Crippen LogP contribution in [0.25, 0.3) is 0 Å². The first-order chi connectivity index (χ1) is 8.36. The first-order valence-electron chi connectivity index (χ1n) is 7.44. The molecule has 0 aromatic heterocycles. The Labute approximate surface area is 112 Å². The summed E-state index contributed by atoms with van der Waals surface area (Å²) in [4.78, 5) is 2.56. The molecule has 0 aliphatic carbocycles. The molecule has 0 atom stereocenters. The van der Waals surface area contributed by atoms with E-state index in [1.807, 2.05) is 0 Å². The Morgan fingerprint density at radius 3 is 2.00 bits per heavy atom. The summed E-state index contributed by atoms with van der Waals surface area (Å²) in [6.07, 6.45) is 3.66. The minimum Gasteiger partial charge on any atom is -0.403 e. The Hall–Kier alpha value is -0.0551. The van der Waals surface area contributed by atoms with Gasteiger partial charge in [-0.25, -0.2) is 0 Å². The summed E-state index contributed by atoms with van der Waals surface area (Å²) in [5.41, 5.74) is -0.365. The van der Waals surface area contributed by atoms with Crippen molar-refractivity contribution >= 4 is 7.12 Å². The molecule has 2 fully saturated rings. The van der Waals surface area contributed by atoms with Crippen LogP contribution in [0.3, 0.4) is 0 Å².